The van der Waals surface area contributed by atoms with Gasteiger partial charge in [-0.1, -0.05) is 32.6 Å². The van der Waals surface area contributed by atoms with E-state index in [9.17, 15) is 0 Å². The van der Waals surface area contributed by atoms with Gasteiger partial charge >= 0.3 is 0 Å². The van der Waals surface area contributed by atoms with Crippen LogP contribution in [0.2, 0.25) is 0 Å². The minimum absolute atomic E-state index is 0.00144. The molecule has 3 heteroatoms. The standard InChI is InChI=1S/C17H29NOS/c1-4-18-16(15-11-10-14(3)20-15)17(19-5-2)12-8-6-7-9-13-17/h10-11,16,18H,4-9,12-13H2,1-3H3. The predicted molar refractivity (Wildman–Crippen MR) is 87.5 cm³/mol. The van der Waals surface area contributed by atoms with Crippen LogP contribution < -0.4 is 5.32 Å². The fraction of sp³-hybridized carbons (Fsp3) is 0.765. The summed E-state index contributed by atoms with van der Waals surface area (Å²) in [5.74, 6) is 0. The molecule has 1 aromatic rings. The van der Waals surface area contributed by atoms with Crippen molar-refractivity contribution in [2.24, 2.45) is 0 Å². The number of ether oxygens (including phenoxy) is 1. The summed E-state index contributed by atoms with van der Waals surface area (Å²) in [5, 5.41) is 3.72. The maximum Gasteiger partial charge on any atom is 0.0884 e. The lowest BCUT2D eigenvalue weighted by Gasteiger charge is -2.40. The predicted octanol–water partition coefficient (Wildman–Crippen LogP) is 4.84. The summed E-state index contributed by atoms with van der Waals surface area (Å²) in [6.07, 6.45) is 7.69. The van der Waals surface area contributed by atoms with Crippen molar-refractivity contribution >= 4 is 11.3 Å². The van der Waals surface area contributed by atoms with Crippen LogP contribution >= 0.6 is 11.3 Å². The Hall–Kier alpha value is -0.380. The molecule has 0 radical (unpaired) electrons. The topological polar surface area (TPSA) is 21.3 Å². The number of rotatable bonds is 6. The molecule has 1 aliphatic carbocycles. The van der Waals surface area contributed by atoms with E-state index in [0.29, 0.717) is 6.04 Å². The largest absolute Gasteiger partial charge is 0.373 e. The molecule has 0 aromatic carbocycles. The Morgan fingerprint density at radius 3 is 2.40 bits per heavy atom. The van der Waals surface area contributed by atoms with Crippen LogP contribution in [0.1, 0.15) is 68.2 Å². The van der Waals surface area contributed by atoms with Crippen molar-refractivity contribution in [2.75, 3.05) is 13.2 Å². The highest BCUT2D eigenvalue weighted by molar-refractivity contribution is 7.12. The first-order valence-electron chi connectivity index (χ1n) is 8.15. The van der Waals surface area contributed by atoms with Gasteiger partial charge in [0.2, 0.25) is 0 Å². The van der Waals surface area contributed by atoms with Crippen LogP contribution in [-0.4, -0.2) is 18.8 Å². The Morgan fingerprint density at radius 1 is 1.20 bits per heavy atom. The van der Waals surface area contributed by atoms with E-state index in [1.807, 2.05) is 11.3 Å². The molecule has 1 N–H and O–H groups in total. The molecular weight excluding hydrogens is 266 g/mol. The fourth-order valence-electron chi connectivity index (χ4n) is 3.49. The average Bonchev–Trinajstić information content (AvgIpc) is 2.72. The van der Waals surface area contributed by atoms with E-state index in [1.54, 1.807) is 0 Å². The third-order valence-electron chi connectivity index (χ3n) is 4.36. The first-order chi connectivity index (χ1) is 9.72. The molecule has 1 saturated carbocycles. The highest BCUT2D eigenvalue weighted by atomic mass is 32.1. The summed E-state index contributed by atoms with van der Waals surface area (Å²) < 4.78 is 6.37. The third-order valence-corrected chi connectivity index (χ3v) is 5.43. The number of nitrogens with one attached hydrogen (secondary N) is 1. The second kappa shape index (κ2) is 7.58. The average molecular weight is 295 g/mol. The summed E-state index contributed by atoms with van der Waals surface area (Å²) in [6.45, 7) is 8.33. The number of hydrogen-bond acceptors (Lipinski definition) is 3. The number of thiophene rings is 1. The molecule has 2 rings (SSSR count). The molecule has 1 atom stereocenters. The second-order valence-electron chi connectivity index (χ2n) is 5.85. The lowest BCUT2D eigenvalue weighted by Crippen LogP contribution is -2.45. The van der Waals surface area contributed by atoms with Gasteiger partial charge in [0, 0.05) is 16.4 Å². The van der Waals surface area contributed by atoms with E-state index in [2.05, 4.69) is 38.2 Å². The molecule has 1 aromatic heterocycles. The van der Waals surface area contributed by atoms with Gasteiger partial charge in [-0.3, -0.25) is 0 Å². The molecule has 1 heterocycles. The summed E-state index contributed by atoms with van der Waals surface area (Å²) in [6, 6.07) is 4.88. The van der Waals surface area contributed by atoms with E-state index in [4.69, 9.17) is 4.74 Å². The first kappa shape index (κ1) is 16.0. The van der Waals surface area contributed by atoms with Crippen molar-refractivity contribution in [1.29, 1.82) is 0 Å². The molecule has 1 aliphatic rings. The second-order valence-corrected chi connectivity index (χ2v) is 7.17. The zero-order valence-electron chi connectivity index (χ0n) is 13.2. The molecule has 2 nitrogen and oxygen atoms in total. The third kappa shape index (κ3) is 3.63. The van der Waals surface area contributed by atoms with Gasteiger partial charge in [0.1, 0.15) is 0 Å². The molecule has 0 spiro atoms. The molecule has 0 amide bonds. The van der Waals surface area contributed by atoms with Crippen LogP contribution in [0.4, 0.5) is 0 Å². The van der Waals surface area contributed by atoms with Gasteiger partial charge in [0.15, 0.2) is 0 Å². The number of aryl methyl sites for hydroxylation is 1. The monoisotopic (exact) mass is 295 g/mol. The quantitative estimate of drug-likeness (QED) is 0.758. The lowest BCUT2D eigenvalue weighted by atomic mass is 9.85. The van der Waals surface area contributed by atoms with Crippen LogP contribution in [0, 0.1) is 6.92 Å². The molecular formula is C17H29NOS. The summed E-state index contributed by atoms with van der Waals surface area (Å²) in [5.41, 5.74) is -0.00144. The van der Waals surface area contributed by atoms with Crippen LogP contribution in [0.3, 0.4) is 0 Å². The highest BCUT2D eigenvalue weighted by Crippen LogP contribution is 2.42. The van der Waals surface area contributed by atoms with Gasteiger partial charge in [-0.05, 0) is 45.4 Å². The molecule has 114 valence electrons. The molecule has 1 unspecified atom stereocenters. The van der Waals surface area contributed by atoms with Crippen LogP contribution in [0.5, 0.6) is 0 Å². The number of hydrogen-bond donors (Lipinski definition) is 1. The highest BCUT2D eigenvalue weighted by Gasteiger charge is 2.40. The van der Waals surface area contributed by atoms with E-state index >= 15 is 0 Å². The van der Waals surface area contributed by atoms with Crippen molar-refractivity contribution in [3.8, 4) is 0 Å². The van der Waals surface area contributed by atoms with E-state index in [0.717, 1.165) is 13.2 Å². The Bertz CT molecular complexity index is 393. The lowest BCUT2D eigenvalue weighted by molar-refractivity contribution is -0.0771. The minimum atomic E-state index is -0.00144. The Morgan fingerprint density at radius 2 is 1.90 bits per heavy atom. The van der Waals surface area contributed by atoms with Gasteiger partial charge in [-0.15, -0.1) is 11.3 Å². The fourth-order valence-corrected chi connectivity index (χ4v) is 4.55. The minimum Gasteiger partial charge on any atom is -0.373 e. The van der Waals surface area contributed by atoms with Gasteiger partial charge in [0.05, 0.1) is 11.6 Å². The molecule has 0 saturated heterocycles. The van der Waals surface area contributed by atoms with Crippen molar-refractivity contribution < 1.29 is 4.74 Å². The van der Waals surface area contributed by atoms with Gasteiger partial charge in [0.25, 0.3) is 0 Å². The Kier molecular flexibility index (Phi) is 6.06. The molecule has 0 bridgehead atoms. The molecule has 1 fully saturated rings. The smallest absolute Gasteiger partial charge is 0.0884 e. The van der Waals surface area contributed by atoms with Gasteiger partial charge in [-0.2, -0.15) is 0 Å². The van der Waals surface area contributed by atoms with Crippen LogP contribution in [0.25, 0.3) is 0 Å². The van der Waals surface area contributed by atoms with Gasteiger partial charge < -0.3 is 10.1 Å². The van der Waals surface area contributed by atoms with Crippen LogP contribution in [-0.2, 0) is 4.74 Å². The zero-order valence-corrected chi connectivity index (χ0v) is 14.0. The van der Waals surface area contributed by atoms with Crippen molar-refractivity contribution in [1.82, 2.24) is 5.32 Å². The summed E-state index contributed by atoms with van der Waals surface area (Å²) >= 11 is 1.92. The Balaban J connectivity index is 2.30. The van der Waals surface area contributed by atoms with Crippen LogP contribution in [0.15, 0.2) is 12.1 Å². The summed E-state index contributed by atoms with van der Waals surface area (Å²) in [7, 11) is 0. The summed E-state index contributed by atoms with van der Waals surface area (Å²) in [4.78, 5) is 2.84. The van der Waals surface area contributed by atoms with Gasteiger partial charge in [-0.25, -0.2) is 0 Å². The van der Waals surface area contributed by atoms with E-state index < -0.39 is 0 Å². The van der Waals surface area contributed by atoms with Crippen molar-refractivity contribution in [2.45, 2.75) is 70.9 Å². The van der Waals surface area contributed by atoms with E-state index in [1.165, 1.54) is 48.3 Å². The maximum atomic E-state index is 6.37. The van der Waals surface area contributed by atoms with Crippen molar-refractivity contribution in [3.05, 3.63) is 21.9 Å². The Labute approximate surface area is 127 Å². The zero-order chi connectivity index (χ0) is 14.4. The first-order valence-corrected chi connectivity index (χ1v) is 8.97. The maximum absolute atomic E-state index is 6.37. The normalized spacial score (nSPS) is 20.6. The van der Waals surface area contributed by atoms with E-state index in [-0.39, 0.29) is 5.60 Å². The van der Waals surface area contributed by atoms with Crippen molar-refractivity contribution in [3.63, 3.8) is 0 Å². The number of likely N-dealkylation sites (N-methyl/N-ethyl adjacent to an activating group) is 1. The molecule has 20 heavy (non-hydrogen) atoms. The SMILES string of the molecule is CCNC(c1ccc(C)s1)C1(OCC)CCCCCC1. The molecule has 0 aliphatic heterocycles.